The maximum Gasteiger partial charge on any atom is 0.325 e. The molecule has 29 heavy (non-hydrogen) atoms. The minimum Gasteiger partial charge on any atom is -0.424 e. The average Bonchev–Trinajstić information content (AvgIpc) is 3.31. The summed E-state index contributed by atoms with van der Waals surface area (Å²) in [5.41, 5.74) is 0. The monoisotopic (exact) mass is 396 g/mol. The van der Waals surface area contributed by atoms with Gasteiger partial charge in [-0.3, -0.25) is 9.59 Å². The molecule has 2 rings (SSSR count). The summed E-state index contributed by atoms with van der Waals surface area (Å²) in [7, 11) is 11.6. The second-order valence-electron chi connectivity index (χ2n) is 7.03. The van der Waals surface area contributed by atoms with E-state index in [1.54, 1.807) is 0 Å². The Morgan fingerprint density at radius 1 is 0.966 bits per heavy atom. The van der Waals surface area contributed by atoms with Crippen LogP contribution in [-0.4, -0.2) is 80.7 Å². The Morgan fingerprint density at radius 2 is 1.52 bits per heavy atom. The summed E-state index contributed by atoms with van der Waals surface area (Å²) in [6.45, 7) is 1.08. The van der Waals surface area contributed by atoms with Crippen molar-refractivity contribution in [3.63, 3.8) is 0 Å². The number of nitrogens with zero attached hydrogens (tertiary/aromatic N) is 2. The number of unbranched alkanes of at least 4 members (excludes halogenated alkanes) is 1. The lowest BCUT2D eigenvalue weighted by atomic mass is 10.1. The van der Waals surface area contributed by atoms with Crippen molar-refractivity contribution < 1.29 is 24.2 Å². The van der Waals surface area contributed by atoms with Gasteiger partial charge in [-0.05, 0) is 45.2 Å². The Balaban J connectivity index is 1.87. The van der Waals surface area contributed by atoms with Crippen LogP contribution in [0.3, 0.4) is 0 Å². The molecule has 0 aliphatic carbocycles. The zero-order valence-electron chi connectivity index (χ0n) is 16.6. The Hall–Kier alpha value is -1.93. The minimum absolute atomic E-state index is 0.178. The lowest BCUT2D eigenvalue weighted by molar-refractivity contribution is -0.193. The lowest BCUT2D eigenvalue weighted by Crippen LogP contribution is -2.41. The van der Waals surface area contributed by atoms with Gasteiger partial charge in [0.25, 0.3) is 0 Å². The van der Waals surface area contributed by atoms with E-state index < -0.39 is 30.3 Å². The van der Waals surface area contributed by atoms with E-state index >= 15 is 0 Å². The maximum atomic E-state index is 12.4. The second kappa shape index (κ2) is 12.6. The van der Waals surface area contributed by atoms with Gasteiger partial charge in [0.1, 0.15) is 6.61 Å². The predicted octanol–water partition coefficient (Wildman–Crippen LogP) is 0.0542. The van der Waals surface area contributed by atoms with Gasteiger partial charge in [-0.15, -0.1) is 5.92 Å². The van der Waals surface area contributed by atoms with Crippen molar-refractivity contribution in [1.82, 2.24) is 9.62 Å². The van der Waals surface area contributed by atoms with Crippen molar-refractivity contribution in [2.24, 2.45) is 0 Å². The lowest BCUT2D eigenvalue weighted by Gasteiger charge is -2.25. The summed E-state index contributed by atoms with van der Waals surface area (Å²) in [5.74, 6) is 10.1. The predicted molar refractivity (Wildman–Crippen MR) is 108 cm³/mol. The zero-order chi connectivity index (χ0) is 21.1. The number of carbonyl (C=O) groups excluding carboxylic acids is 2. The molecule has 4 radical (unpaired) electrons. The van der Waals surface area contributed by atoms with Gasteiger partial charge in [-0.1, -0.05) is 17.8 Å². The molecule has 9 heteroatoms. The molecule has 2 atom stereocenters. The highest BCUT2D eigenvalue weighted by atomic mass is 16.7. The van der Waals surface area contributed by atoms with Crippen LogP contribution in [0.25, 0.3) is 0 Å². The fourth-order valence-electron chi connectivity index (χ4n) is 3.31. The third-order valence-electron chi connectivity index (χ3n) is 4.88. The fourth-order valence-corrected chi connectivity index (χ4v) is 3.31. The molecule has 7 nitrogen and oxygen atoms in total. The number of carbonyl (C=O) groups is 2. The van der Waals surface area contributed by atoms with Gasteiger partial charge in [0.05, 0.1) is 18.5 Å². The smallest absolute Gasteiger partial charge is 0.325 e. The Labute approximate surface area is 175 Å². The number of aliphatic hydroxyl groups excluding tert-OH is 1. The average molecular weight is 396 g/mol. The van der Waals surface area contributed by atoms with Crippen molar-refractivity contribution in [3.8, 4) is 23.7 Å². The topological polar surface area (TPSA) is 79.3 Å². The van der Waals surface area contributed by atoms with Crippen molar-refractivity contribution in [1.29, 1.82) is 0 Å². The Bertz CT molecular complexity index is 648. The fraction of sp³-hybridized carbons (Fsp3) is 0.700. The molecular formula is C20H26B2N2O5. The van der Waals surface area contributed by atoms with Crippen LogP contribution in [0, 0.1) is 23.7 Å². The van der Waals surface area contributed by atoms with Crippen LogP contribution in [0.5, 0.6) is 0 Å². The summed E-state index contributed by atoms with van der Waals surface area (Å²) in [5, 5.41) is 8.58. The first-order valence-corrected chi connectivity index (χ1v) is 9.99. The Morgan fingerprint density at radius 3 is 2.00 bits per heavy atom. The number of rotatable bonds is 7. The number of ether oxygens (including phenoxy) is 2. The van der Waals surface area contributed by atoms with Gasteiger partial charge >= 0.3 is 11.9 Å². The van der Waals surface area contributed by atoms with E-state index in [-0.39, 0.29) is 6.61 Å². The summed E-state index contributed by atoms with van der Waals surface area (Å²) < 4.78 is 10.9. The molecule has 0 spiro atoms. The third kappa shape index (κ3) is 7.78. The first-order valence-electron chi connectivity index (χ1n) is 9.99. The molecule has 1 N–H and O–H groups in total. The maximum absolute atomic E-state index is 12.4. The molecule has 0 unspecified atom stereocenters. The van der Waals surface area contributed by atoms with Gasteiger partial charge < -0.3 is 24.2 Å². The molecule has 0 bridgehead atoms. The zero-order valence-corrected chi connectivity index (χ0v) is 16.6. The van der Waals surface area contributed by atoms with Crippen molar-refractivity contribution in [2.45, 2.75) is 69.7 Å². The van der Waals surface area contributed by atoms with Gasteiger partial charge in [0.2, 0.25) is 6.29 Å². The molecule has 0 saturated carbocycles. The summed E-state index contributed by atoms with van der Waals surface area (Å²) in [6, 6.07) is -1.03. The van der Waals surface area contributed by atoms with Crippen LogP contribution in [-0.2, 0) is 19.1 Å². The summed E-state index contributed by atoms with van der Waals surface area (Å²) >= 11 is 0. The van der Waals surface area contributed by atoms with E-state index in [0.29, 0.717) is 51.6 Å². The molecule has 0 amide bonds. The normalized spacial score (nSPS) is 21.9. The molecular weight excluding hydrogens is 370 g/mol. The molecule has 0 aromatic heterocycles. The van der Waals surface area contributed by atoms with Crippen LogP contribution in [0.4, 0.5) is 0 Å². The number of hydrogen-bond acceptors (Lipinski definition) is 7. The largest absolute Gasteiger partial charge is 0.424 e. The minimum atomic E-state index is -0.992. The van der Waals surface area contributed by atoms with Crippen molar-refractivity contribution >= 4 is 27.9 Å². The molecule has 2 heterocycles. The van der Waals surface area contributed by atoms with E-state index in [4.69, 9.17) is 30.5 Å². The van der Waals surface area contributed by atoms with Gasteiger partial charge in [0.15, 0.2) is 16.0 Å². The Kier molecular flexibility index (Phi) is 10.1. The van der Waals surface area contributed by atoms with Crippen LogP contribution in [0.2, 0.25) is 0 Å². The quantitative estimate of drug-likeness (QED) is 0.214. The number of hydrogen-bond donors (Lipinski definition) is 1. The van der Waals surface area contributed by atoms with Gasteiger partial charge in [-0.25, -0.2) is 0 Å². The molecule has 0 aromatic carbocycles. The van der Waals surface area contributed by atoms with Crippen molar-refractivity contribution in [3.05, 3.63) is 0 Å². The first kappa shape index (κ1) is 23.3. The molecule has 2 aliphatic heterocycles. The van der Waals surface area contributed by atoms with E-state index in [1.807, 2.05) is 0 Å². The first-order chi connectivity index (χ1) is 14.0. The van der Waals surface area contributed by atoms with E-state index in [1.165, 1.54) is 9.62 Å². The summed E-state index contributed by atoms with van der Waals surface area (Å²) in [6.07, 6.45) is 3.74. The molecule has 2 saturated heterocycles. The molecule has 152 valence electrons. The van der Waals surface area contributed by atoms with Gasteiger partial charge in [-0.2, -0.15) is 0 Å². The molecule has 2 fully saturated rings. The molecule has 2 aliphatic rings. The van der Waals surface area contributed by atoms with E-state index in [2.05, 4.69) is 23.7 Å². The number of aliphatic hydroxyl groups is 1. The van der Waals surface area contributed by atoms with E-state index in [0.717, 1.165) is 12.8 Å². The highest BCUT2D eigenvalue weighted by Crippen LogP contribution is 2.20. The highest BCUT2D eigenvalue weighted by molar-refractivity contribution is 6.07. The SMILES string of the molecule is [B]N1CCC[C@H]1C(=O)OC(CCCC#CCC#CCO)OC(=O)[C@@H]1CCCN1[B]. The van der Waals surface area contributed by atoms with Gasteiger partial charge in [0, 0.05) is 12.8 Å². The van der Waals surface area contributed by atoms with Crippen LogP contribution in [0.15, 0.2) is 0 Å². The summed E-state index contributed by atoms with van der Waals surface area (Å²) in [4.78, 5) is 27.8. The second-order valence-corrected chi connectivity index (χ2v) is 7.03. The van der Waals surface area contributed by atoms with Crippen LogP contribution < -0.4 is 0 Å². The van der Waals surface area contributed by atoms with Crippen molar-refractivity contribution in [2.75, 3.05) is 19.7 Å². The highest BCUT2D eigenvalue weighted by Gasteiger charge is 2.34. The third-order valence-corrected chi connectivity index (χ3v) is 4.88. The van der Waals surface area contributed by atoms with Crippen LogP contribution in [0.1, 0.15) is 51.4 Å². The van der Waals surface area contributed by atoms with E-state index in [9.17, 15) is 9.59 Å². The standard InChI is InChI=1S/C20H26B2N2O5/c21-23-13-8-10-16(23)19(26)28-18(12-6-4-2-1-3-5-7-15-25)29-20(27)17-11-9-14-24(17)22/h16-18,25H,3-4,6,8-15H2/t16-,17-/m0/s1. The molecule has 0 aromatic rings. The number of esters is 2. The van der Waals surface area contributed by atoms with Crippen LogP contribution >= 0.6 is 0 Å².